The minimum Gasteiger partial charge on any atom is -0.478 e. The molecule has 1 atom stereocenters. The van der Waals surface area contributed by atoms with Crippen LogP contribution >= 0.6 is 0 Å². The average molecular weight is 283 g/mol. The second-order valence-electron chi connectivity index (χ2n) is 4.97. The SMILES string of the molecule is O=C(O)C1=C/N=CCC2(C\C=C\1)C(=O)Nc1ncccc12. The summed E-state index contributed by atoms with van der Waals surface area (Å²) in [6.45, 7) is 0. The van der Waals surface area contributed by atoms with Crippen LogP contribution < -0.4 is 5.32 Å². The van der Waals surface area contributed by atoms with Crippen LogP contribution in [-0.4, -0.2) is 28.2 Å². The molecule has 1 aromatic rings. The molecule has 0 fully saturated rings. The number of fused-ring (bicyclic) bond motifs is 2. The Hall–Kier alpha value is -2.76. The molecule has 0 radical (unpaired) electrons. The summed E-state index contributed by atoms with van der Waals surface area (Å²) in [4.78, 5) is 31.6. The van der Waals surface area contributed by atoms with Crippen molar-refractivity contribution < 1.29 is 14.7 Å². The van der Waals surface area contributed by atoms with Crippen molar-refractivity contribution >= 4 is 23.9 Å². The molecule has 21 heavy (non-hydrogen) atoms. The third kappa shape index (κ3) is 2.14. The molecule has 2 aliphatic rings. The lowest BCUT2D eigenvalue weighted by Crippen LogP contribution is -2.34. The highest BCUT2D eigenvalue weighted by atomic mass is 16.4. The Morgan fingerprint density at radius 2 is 2.24 bits per heavy atom. The van der Waals surface area contributed by atoms with Crippen LogP contribution in [0.25, 0.3) is 0 Å². The van der Waals surface area contributed by atoms with Gasteiger partial charge in [-0.2, -0.15) is 0 Å². The van der Waals surface area contributed by atoms with Gasteiger partial charge in [-0.3, -0.25) is 9.79 Å². The van der Waals surface area contributed by atoms with E-state index in [1.807, 2.05) is 6.07 Å². The first-order chi connectivity index (χ1) is 10.1. The molecule has 1 aromatic heterocycles. The Kier molecular flexibility index (Phi) is 3.13. The van der Waals surface area contributed by atoms with E-state index in [-0.39, 0.29) is 11.5 Å². The number of hydrogen-bond donors (Lipinski definition) is 2. The van der Waals surface area contributed by atoms with Gasteiger partial charge in [0.15, 0.2) is 0 Å². The number of nitrogens with zero attached hydrogens (tertiary/aromatic N) is 2. The molecule has 1 amide bonds. The molecule has 0 saturated heterocycles. The van der Waals surface area contributed by atoms with Crippen molar-refractivity contribution in [2.75, 3.05) is 5.32 Å². The maximum atomic E-state index is 12.4. The summed E-state index contributed by atoms with van der Waals surface area (Å²) in [6, 6.07) is 3.65. The van der Waals surface area contributed by atoms with Crippen LogP contribution in [-0.2, 0) is 15.0 Å². The van der Waals surface area contributed by atoms with Crippen molar-refractivity contribution in [3.05, 3.63) is 47.8 Å². The quantitative estimate of drug-likeness (QED) is 0.820. The molecule has 1 unspecified atom stereocenters. The van der Waals surface area contributed by atoms with E-state index in [0.717, 1.165) is 5.56 Å². The number of rotatable bonds is 1. The Balaban J connectivity index is 2.03. The predicted octanol–water partition coefficient (Wildman–Crippen LogP) is 1.66. The van der Waals surface area contributed by atoms with Crippen molar-refractivity contribution in [1.82, 2.24) is 4.98 Å². The molecule has 0 bridgehead atoms. The van der Waals surface area contributed by atoms with Crippen molar-refractivity contribution in [3.63, 3.8) is 0 Å². The van der Waals surface area contributed by atoms with Crippen molar-refractivity contribution in [1.29, 1.82) is 0 Å². The van der Waals surface area contributed by atoms with Gasteiger partial charge in [0.1, 0.15) is 5.82 Å². The number of aliphatic carboxylic acids is 1. The van der Waals surface area contributed by atoms with Gasteiger partial charge in [0.25, 0.3) is 0 Å². The zero-order chi connectivity index (χ0) is 14.9. The molecule has 1 spiro atoms. The Labute approximate surface area is 120 Å². The normalized spacial score (nSPS) is 27.8. The highest BCUT2D eigenvalue weighted by Crippen LogP contribution is 2.41. The molecular formula is C15H13N3O3. The monoisotopic (exact) mass is 283 g/mol. The number of carbonyl (C=O) groups is 2. The lowest BCUT2D eigenvalue weighted by Gasteiger charge is -2.23. The summed E-state index contributed by atoms with van der Waals surface area (Å²) in [6.07, 6.45) is 8.47. The van der Waals surface area contributed by atoms with Crippen molar-refractivity contribution in [3.8, 4) is 0 Å². The predicted molar refractivity (Wildman–Crippen MR) is 77.1 cm³/mol. The first-order valence-electron chi connectivity index (χ1n) is 6.52. The van der Waals surface area contributed by atoms with Crippen LogP contribution in [0.15, 0.2) is 47.2 Å². The van der Waals surface area contributed by atoms with E-state index in [2.05, 4.69) is 15.3 Å². The van der Waals surface area contributed by atoms with Crippen molar-refractivity contribution in [2.45, 2.75) is 18.3 Å². The number of carbonyl (C=O) groups excluding carboxylic acids is 1. The van der Waals surface area contributed by atoms with Crippen molar-refractivity contribution in [2.24, 2.45) is 4.99 Å². The Morgan fingerprint density at radius 3 is 3.05 bits per heavy atom. The third-order valence-electron chi connectivity index (χ3n) is 3.76. The van der Waals surface area contributed by atoms with E-state index in [0.29, 0.717) is 18.7 Å². The number of amides is 1. The van der Waals surface area contributed by atoms with E-state index in [4.69, 9.17) is 5.11 Å². The largest absolute Gasteiger partial charge is 0.478 e. The van der Waals surface area contributed by atoms with E-state index in [1.54, 1.807) is 24.6 Å². The highest BCUT2D eigenvalue weighted by molar-refractivity contribution is 6.06. The zero-order valence-corrected chi connectivity index (χ0v) is 11.1. The first-order valence-corrected chi connectivity index (χ1v) is 6.52. The zero-order valence-electron chi connectivity index (χ0n) is 11.1. The molecule has 3 heterocycles. The number of aromatic nitrogens is 1. The molecule has 6 heteroatoms. The molecule has 6 nitrogen and oxygen atoms in total. The molecule has 0 aliphatic carbocycles. The van der Waals surface area contributed by atoms with E-state index >= 15 is 0 Å². The number of hydrogen-bond acceptors (Lipinski definition) is 4. The Bertz CT molecular complexity index is 706. The topological polar surface area (TPSA) is 91.6 Å². The van der Waals surface area contributed by atoms with Crippen LogP contribution in [0, 0.1) is 0 Å². The third-order valence-corrected chi connectivity index (χ3v) is 3.76. The van der Waals surface area contributed by atoms with Gasteiger partial charge in [0, 0.05) is 30.6 Å². The van der Waals surface area contributed by atoms with E-state index in [9.17, 15) is 9.59 Å². The van der Waals surface area contributed by atoms with E-state index in [1.165, 1.54) is 12.3 Å². The van der Waals surface area contributed by atoms with Crippen LogP contribution in [0.2, 0.25) is 0 Å². The number of nitrogens with one attached hydrogen (secondary N) is 1. The second-order valence-corrected chi connectivity index (χ2v) is 4.97. The van der Waals surface area contributed by atoms with Crippen LogP contribution in [0.1, 0.15) is 18.4 Å². The Morgan fingerprint density at radius 1 is 1.38 bits per heavy atom. The molecule has 2 N–H and O–H groups in total. The number of aliphatic imine (C=N–C) groups is 1. The fourth-order valence-corrected chi connectivity index (χ4v) is 2.63. The first kappa shape index (κ1) is 13.2. The maximum Gasteiger partial charge on any atom is 0.337 e. The summed E-state index contributed by atoms with van der Waals surface area (Å²) >= 11 is 0. The summed E-state index contributed by atoms with van der Waals surface area (Å²) in [7, 11) is 0. The summed E-state index contributed by atoms with van der Waals surface area (Å²) in [5, 5.41) is 11.8. The molecule has 3 rings (SSSR count). The highest BCUT2D eigenvalue weighted by Gasteiger charge is 2.45. The molecule has 0 saturated carbocycles. The van der Waals surface area contributed by atoms with Gasteiger partial charge >= 0.3 is 5.97 Å². The van der Waals surface area contributed by atoms with Gasteiger partial charge in [-0.05, 0) is 12.5 Å². The second kappa shape index (κ2) is 4.97. The minimum atomic E-state index is -1.04. The van der Waals surface area contributed by atoms with Gasteiger partial charge in [-0.25, -0.2) is 9.78 Å². The fourth-order valence-electron chi connectivity index (χ4n) is 2.63. The van der Waals surface area contributed by atoms with Crippen LogP contribution in [0.5, 0.6) is 0 Å². The molecule has 106 valence electrons. The van der Waals surface area contributed by atoms with Crippen LogP contribution in [0.4, 0.5) is 5.82 Å². The average Bonchev–Trinajstić information content (AvgIpc) is 2.80. The summed E-state index contributed by atoms with van der Waals surface area (Å²) in [5.74, 6) is -0.613. The van der Waals surface area contributed by atoms with E-state index < -0.39 is 11.4 Å². The lowest BCUT2D eigenvalue weighted by atomic mass is 9.76. The minimum absolute atomic E-state index is 0.0908. The van der Waals surface area contributed by atoms with Crippen LogP contribution in [0.3, 0.4) is 0 Å². The van der Waals surface area contributed by atoms with Gasteiger partial charge < -0.3 is 10.4 Å². The maximum absolute atomic E-state index is 12.4. The number of carboxylic acid groups (broad SMARTS) is 1. The van der Waals surface area contributed by atoms with Gasteiger partial charge in [0.2, 0.25) is 5.91 Å². The standard InChI is InChI=1S/C15H13N3O3/c19-13(20)10-3-1-5-15(6-8-16-9-10)11-4-2-7-17-12(11)18-14(15)21/h1-4,7-9H,5-6H2,(H,19,20)(H,17,18,21)/b3-1+,10-9+,16-8?. The smallest absolute Gasteiger partial charge is 0.337 e. The fraction of sp³-hybridized carbons (Fsp3) is 0.200. The summed E-state index contributed by atoms with van der Waals surface area (Å²) in [5.41, 5.74) is 0.142. The van der Waals surface area contributed by atoms with Gasteiger partial charge in [-0.15, -0.1) is 0 Å². The number of carboxylic acids is 1. The number of anilines is 1. The van der Waals surface area contributed by atoms with Gasteiger partial charge in [-0.1, -0.05) is 18.2 Å². The molecule has 2 aliphatic heterocycles. The number of allylic oxidation sites excluding steroid dienone is 1. The number of pyridine rings is 1. The summed E-state index contributed by atoms with van der Waals surface area (Å²) < 4.78 is 0. The molecular weight excluding hydrogens is 270 g/mol. The lowest BCUT2D eigenvalue weighted by molar-refractivity contribution is -0.132. The van der Waals surface area contributed by atoms with Gasteiger partial charge in [0.05, 0.1) is 11.0 Å². The molecule has 0 aromatic carbocycles.